The smallest absolute Gasteiger partial charge is 0.410 e. The van der Waals surface area contributed by atoms with Gasteiger partial charge in [0.25, 0.3) is 0 Å². The molecule has 28 heavy (non-hydrogen) atoms. The molecule has 3 aromatic rings. The fraction of sp³-hybridized carbons (Fsp3) is 0.100. The van der Waals surface area contributed by atoms with Gasteiger partial charge in [0.15, 0.2) is 5.82 Å². The van der Waals surface area contributed by atoms with Crippen LogP contribution in [-0.4, -0.2) is 41.3 Å². The molecule has 0 atom stereocenters. The maximum absolute atomic E-state index is 11.7. The van der Waals surface area contributed by atoms with Crippen molar-refractivity contribution >= 4 is 29.5 Å². The predicted molar refractivity (Wildman–Crippen MR) is 109 cm³/mol. The van der Waals surface area contributed by atoms with Crippen LogP contribution in [-0.2, 0) is 0 Å². The van der Waals surface area contributed by atoms with Crippen molar-refractivity contribution in [2.45, 2.75) is 0 Å². The highest BCUT2D eigenvalue weighted by Gasteiger charge is 2.09. The summed E-state index contributed by atoms with van der Waals surface area (Å²) in [4.78, 5) is 21.9. The van der Waals surface area contributed by atoms with Gasteiger partial charge >= 0.3 is 6.09 Å². The molecule has 0 spiro atoms. The van der Waals surface area contributed by atoms with E-state index in [-0.39, 0.29) is 0 Å². The molecule has 1 heterocycles. The molecule has 1 amide bonds. The van der Waals surface area contributed by atoms with Crippen molar-refractivity contribution in [1.29, 1.82) is 5.41 Å². The number of nitrogen functional groups attached to an aromatic ring is 1. The van der Waals surface area contributed by atoms with Crippen LogP contribution in [0.25, 0.3) is 11.4 Å². The molecule has 0 saturated carbocycles. The van der Waals surface area contributed by atoms with Gasteiger partial charge in [0, 0.05) is 49.0 Å². The zero-order valence-corrected chi connectivity index (χ0v) is 15.5. The van der Waals surface area contributed by atoms with E-state index >= 15 is 0 Å². The van der Waals surface area contributed by atoms with E-state index in [4.69, 9.17) is 15.9 Å². The predicted octanol–water partition coefficient (Wildman–Crippen LogP) is 3.53. The molecule has 4 N–H and O–H groups in total. The number of aromatic nitrogens is 2. The summed E-state index contributed by atoms with van der Waals surface area (Å²) in [5.74, 6) is 1.48. The van der Waals surface area contributed by atoms with Crippen molar-refractivity contribution in [2.24, 2.45) is 0 Å². The van der Waals surface area contributed by atoms with Crippen molar-refractivity contribution in [2.75, 3.05) is 25.1 Å². The van der Waals surface area contributed by atoms with Crippen LogP contribution in [0.4, 0.5) is 22.0 Å². The first kappa shape index (κ1) is 18.8. The first-order chi connectivity index (χ1) is 13.5. The summed E-state index contributed by atoms with van der Waals surface area (Å²) in [6.07, 6.45) is 2.38. The largest absolute Gasteiger partial charge is 0.414 e. The lowest BCUT2D eigenvalue weighted by atomic mass is 10.1. The fourth-order valence-electron chi connectivity index (χ4n) is 2.38. The standard InChI is InChI=1S/C20H20N6O2/c1-26(2)20(27)28-16-5-3-4-13(11-16)19-23-9-8-18(25-19)24-15-6-7-17(22)14(10-15)12-21/h3-12,21H,22H2,1-2H3,(H,23,24,25). The zero-order chi connectivity index (χ0) is 20.1. The molecule has 8 nitrogen and oxygen atoms in total. The van der Waals surface area contributed by atoms with Gasteiger partial charge in [-0.25, -0.2) is 14.8 Å². The second-order valence-electron chi connectivity index (χ2n) is 6.17. The summed E-state index contributed by atoms with van der Waals surface area (Å²) in [6.45, 7) is 0. The van der Waals surface area contributed by atoms with Crippen LogP contribution in [0.2, 0.25) is 0 Å². The molecule has 0 aliphatic carbocycles. The third-order valence-corrected chi connectivity index (χ3v) is 3.83. The lowest BCUT2D eigenvalue weighted by Gasteiger charge is -2.11. The van der Waals surface area contributed by atoms with Crippen molar-refractivity contribution in [1.82, 2.24) is 14.9 Å². The number of hydrogen-bond donors (Lipinski definition) is 3. The van der Waals surface area contributed by atoms with Gasteiger partial charge in [0.2, 0.25) is 0 Å². The topological polar surface area (TPSA) is 117 Å². The maximum atomic E-state index is 11.7. The maximum Gasteiger partial charge on any atom is 0.414 e. The van der Waals surface area contributed by atoms with Crippen molar-refractivity contribution in [3.05, 3.63) is 60.3 Å². The van der Waals surface area contributed by atoms with Gasteiger partial charge in [0.05, 0.1) is 0 Å². The third-order valence-electron chi connectivity index (χ3n) is 3.83. The number of carbonyl (C=O) groups is 1. The number of nitrogens with two attached hydrogens (primary N) is 1. The van der Waals surface area contributed by atoms with Gasteiger partial charge in [-0.1, -0.05) is 12.1 Å². The minimum absolute atomic E-state index is 0.410. The highest BCUT2D eigenvalue weighted by atomic mass is 16.6. The summed E-state index contributed by atoms with van der Waals surface area (Å²) in [5.41, 5.74) is 8.44. The summed E-state index contributed by atoms with van der Waals surface area (Å²) in [7, 11) is 3.23. The number of hydrogen-bond acceptors (Lipinski definition) is 7. The van der Waals surface area contributed by atoms with Crippen LogP contribution in [0.1, 0.15) is 5.56 Å². The molecule has 0 aliphatic heterocycles. The lowest BCUT2D eigenvalue weighted by Crippen LogP contribution is -2.25. The molecule has 8 heteroatoms. The number of rotatable bonds is 5. The van der Waals surface area contributed by atoms with E-state index in [1.807, 2.05) is 12.1 Å². The molecule has 0 fully saturated rings. The van der Waals surface area contributed by atoms with Crippen molar-refractivity contribution < 1.29 is 9.53 Å². The van der Waals surface area contributed by atoms with Gasteiger partial charge in [-0.05, 0) is 36.4 Å². The van der Waals surface area contributed by atoms with E-state index in [0.29, 0.717) is 34.2 Å². The Kier molecular flexibility index (Phi) is 5.50. The number of amides is 1. The van der Waals surface area contributed by atoms with Crippen LogP contribution < -0.4 is 15.8 Å². The number of ether oxygens (including phenoxy) is 1. The average molecular weight is 376 g/mol. The van der Waals surface area contributed by atoms with E-state index < -0.39 is 6.09 Å². The average Bonchev–Trinajstić information content (AvgIpc) is 2.70. The SMILES string of the molecule is CN(C)C(=O)Oc1cccc(-c2nccc(Nc3ccc(N)c(C=N)c3)n2)c1. The molecular formula is C20H20N6O2. The van der Waals surface area contributed by atoms with Crippen LogP contribution in [0.3, 0.4) is 0 Å². The summed E-state index contributed by atoms with van der Waals surface area (Å²) < 4.78 is 5.28. The Bertz CT molecular complexity index is 1020. The fourth-order valence-corrected chi connectivity index (χ4v) is 2.38. The summed E-state index contributed by atoms with van der Waals surface area (Å²) >= 11 is 0. The molecule has 0 radical (unpaired) electrons. The Morgan fingerprint density at radius 2 is 2.04 bits per heavy atom. The van der Waals surface area contributed by atoms with Crippen LogP contribution in [0, 0.1) is 5.41 Å². The molecule has 142 valence electrons. The monoisotopic (exact) mass is 376 g/mol. The number of nitrogens with one attached hydrogen (secondary N) is 2. The molecule has 0 unspecified atom stereocenters. The Morgan fingerprint density at radius 1 is 1.21 bits per heavy atom. The van der Waals surface area contributed by atoms with Crippen molar-refractivity contribution in [3.8, 4) is 17.1 Å². The molecular weight excluding hydrogens is 356 g/mol. The summed E-state index contributed by atoms with van der Waals surface area (Å²) in [6, 6.07) is 14.1. The number of carbonyl (C=O) groups excluding carboxylic acids is 1. The van der Waals surface area contributed by atoms with E-state index in [1.165, 1.54) is 11.1 Å². The molecule has 0 saturated heterocycles. The minimum atomic E-state index is -0.459. The minimum Gasteiger partial charge on any atom is -0.410 e. The van der Waals surface area contributed by atoms with Crippen LogP contribution in [0.5, 0.6) is 5.75 Å². The zero-order valence-electron chi connectivity index (χ0n) is 15.5. The Morgan fingerprint density at radius 3 is 2.79 bits per heavy atom. The van der Waals surface area contributed by atoms with Crippen LogP contribution in [0.15, 0.2) is 54.7 Å². The van der Waals surface area contributed by atoms with Gasteiger partial charge in [0.1, 0.15) is 11.6 Å². The van der Waals surface area contributed by atoms with Gasteiger partial charge in [-0.3, -0.25) is 0 Å². The lowest BCUT2D eigenvalue weighted by molar-refractivity contribution is 0.172. The first-order valence-corrected chi connectivity index (χ1v) is 8.46. The molecule has 1 aromatic heterocycles. The molecule has 0 bridgehead atoms. The number of benzene rings is 2. The third kappa shape index (κ3) is 4.42. The Labute approximate surface area is 162 Å². The van der Waals surface area contributed by atoms with E-state index in [0.717, 1.165) is 5.69 Å². The van der Waals surface area contributed by atoms with E-state index in [9.17, 15) is 4.79 Å². The van der Waals surface area contributed by atoms with Gasteiger partial charge in [-0.15, -0.1) is 0 Å². The quantitative estimate of drug-likeness (QED) is 0.463. The highest BCUT2D eigenvalue weighted by molar-refractivity contribution is 5.87. The second-order valence-corrected chi connectivity index (χ2v) is 6.17. The normalized spacial score (nSPS) is 10.2. The Hall–Kier alpha value is -3.94. The summed E-state index contributed by atoms with van der Waals surface area (Å²) in [5, 5.41) is 10.6. The highest BCUT2D eigenvalue weighted by Crippen LogP contribution is 2.24. The first-order valence-electron chi connectivity index (χ1n) is 8.46. The van der Waals surface area contributed by atoms with Crippen molar-refractivity contribution in [3.63, 3.8) is 0 Å². The molecule has 0 aliphatic rings. The van der Waals surface area contributed by atoms with E-state index in [2.05, 4.69) is 15.3 Å². The van der Waals surface area contributed by atoms with Crippen LogP contribution >= 0.6 is 0 Å². The molecule has 2 aromatic carbocycles. The van der Waals surface area contributed by atoms with Gasteiger partial charge < -0.3 is 26.1 Å². The molecule has 3 rings (SSSR count). The van der Waals surface area contributed by atoms with Gasteiger partial charge in [-0.2, -0.15) is 0 Å². The number of anilines is 3. The Balaban J connectivity index is 1.83. The second kappa shape index (κ2) is 8.17. The number of nitrogens with zero attached hydrogens (tertiary/aromatic N) is 3. The van der Waals surface area contributed by atoms with E-state index in [1.54, 1.807) is 56.7 Å².